The third kappa shape index (κ3) is 2.19. The summed E-state index contributed by atoms with van der Waals surface area (Å²) in [4.78, 5) is 0. The van der Waals surface area contributed by atoms with Crippen LogP contribution in [0, 0.1) is 0 Å². The Balaban J connectivity index is 2.36. The van der Waals surface area contributed by atoms with Crippen LogP contribution in [-0.2, 0) is 6.42 Å². The summed E-state index contributed by atoms with van der Waals surface area (Å²) < 4.78 is 1.88. The van der Waals surface area contributed by atoms with Gasteiger partial charge in [-0.25, -0.2) is 4.68 Å². The fraction of sp³-hybridized carbons (Fsp3) is 0.182. The van der Waals surface area contributed by atoms with Crippen LogP contribution in [0.3, 0.4) is 0 Å². The molecule has 1 heterocycles. The maximum Gasteiger partial charge on any atom is 0.0649 e. The van der Waals surface area contributed by atoms with Gasteiger partial charge in [0, 0.05) is 23.3 Å². The molecule has 2 N–H and O–H groups in total. The Morgan fingerprint density at radius 2 is 1.93 bits per heavy atom. The lowest BCUT2D eigenvalue weighted by Gasteiger charge is -2.06. The second-order valence-electron chi connectivity index (χ2n) is 3.25. The van der Waals surface area contributed by atoms with Crippen molar-refractivity contribution in [1.29, 1.82) is 0 Å². The first-order chi connectivity index (χ1) is 7.31. The second kappa shape index (κ2) is 4.47. The van der Waals surface area contributed by atoms with Crippen LogP contribution in [0.25, 0.3) is 5.69 Å². The van der Waals surface area contributed by atoms with E-state index in [1.165, 1.54) is 0 Å². The maximum atomic E-state index is 5.82. The largest absolute Gasteiger partial charge is 0.330 e. The highest BCUT2D eigenvalue weighted by molar-refractivity contribution is 6.30. The van der Waals surface area contributed by atoms with Crippen LogP contribution in [0.1, 0.15) is 5.69 Å². The van der Waals surface area contributed by atoms with E-state index in [1.54, 1.807) is 6.20 Å². The quantitative estimate of drug-likeness (QED) is 0.862. The zero-order valence-corrected chi connectivity index (χ0v) is 8.98. The number of benzene rings is 1. The molecule has 0 unspecified atom stereocenters. The summed E-state index contributed by atoms with van der Waals surface area (Å²) in [7, 11) is 0. The molecular weight excluding hydrogens is 210 g/mol. The van der Waals surface area contributed by atoms with Gasteiger partial charge in [0.15, 0.2) is 0 Å². The molecule has 2 rings (SSSR count). The Morgan fingerprint density at radius 1 is 1.20 bits per heavy atom. The molecule has 3 nitrogen and oxygen atoms in total. The van der Waals surface area contributed by atoms with Crippen LogP contribution in [0.15, 0.2) is 36.5 Å². The monoisotopic (exact) mass is 221 g/mol. The van der Waals surface area contributed by atoms with E-state index in [0.29, 0.717) is 6.54 Å². The molecule has 0 bridgehead atoms. The zero-order valence-electron chi connectivity index (χ0n) is 8.23. The van der Waals surface area contributed by atoms with Crippen LogP contribution in [-0.4, -0.2) is 16.3 Å². The molecule has 0 aliphatic rings. The summed E-state index contributed by atoms with van der Waals surface area (Å²) in [6.07, 6.45) is 2.60. The topological polar surface area (TPSA) is 43.8 Å². The number of nitrogens with two attached hydrogens (primary N) is 1. The Kier molecular flexibility index (Phi) is 3.04. The summed E-state index contributed by atoms with van der Waals surface area (Å²) in [5, 5.41) is 4.98. The number of halogens is 1. The van der Waals surface area contributed by atoms with Gasteiger partial charge in [-0.1, -0.05) is 11.6 Å². The van der Waals surface area contributed by atoms with Gasteiger partial charge in [-0.2, -0.15) is 5.10 Å². The molecule has 0 spiro atoms. The second-order valence-corrected chi connectivity index (χ2v) is 3.69. The van der Waals surface area contributed by atoms with Gasteiger partial charge in [-0.15, -0.1) is 0 Å². The van der Waals surface area contributed by atoms with E-state index in [4.69, 9.17) is 17.3 Å². The molecule has 0 aliphatic carbocycles. The van der Waals surface area contributed by atoms with E-state index >= 15 is 0 Å². The lowest BCUT2D eigenvalue weighted by atomic mass is 10.3. The number of rotatable bonds is 3. The molecule has 0 fully saturated rings. The van der Waals surface area contributed by atoms with E-state index < -0.39 is 0 Å². The van der Waals surface area contributed by atoms with Gasteiger partial charge in [0.25, 0.3) is 0 Å². The minimum Gasteiger partial charge on any atom is -0.330 e. The fourth-order valence-electron chi connectivity index (χ4n) is 1.48. The first-order valence-corrected chi connectivity index (χ1v) is 5.18. The molecule has 0 atom stereocenters. The van der Waals surface area contributed by atoms with Crippen molar-refractivity contribution in [3.8, 4) is 5.69 Å². The first kappa shape index (κ1) is 10.2. The van der Waals surface area contributed by atoms with Gasteiger partial charge in [0.2, 0.25) is 0 Å². The SMILES string of the molecule is NCCc1ccnn1-c1ccc(Cl)cc1. The third-order valence-corrected chi connectivity index (χ3v) is 2.44. The van der Waals surface area contributed by atoms with Crippen molar-refractivity contribution in [1.82, 2.24) is 9.78 Å². The minimum absolute atomic E-state index is 0.624. The Labute approximate surface area is 93.5 Å². The first-order valence-electron chi connectivity index (χ1n) is 4.80. The van der Waals surface area contributed by atoms with E-state index in [2.05, 4.69) is 5.10 Å². The third-order valence-electron chi connectivity index (χ3n) is 2.19. The van der Waals surface area contributed by atoms with E-state index in [0.717, 1.165) is 22.8 Å². The van der Waals surface area contributed by atoms with E-state index in [9.17, 15) is 0 Å². The van der Waals surface area contributed by atoms with Crippen LogP contribution in [0.4, 0.5) is 0 Å². The molecular formula is C11H12ClN3. The lowest BCUT2D eigenvalue weighted by molar-refractivity contribution is 0.791. The predicted octanol–water partition coefficient (Wildman–Crippen LogP) is 2.03. The van der Waals surface area contributed by atoms with E-state index in [1.807, 2.05) is 35.0 Å². The van der Waals surface area contributed by atoms with Crippen molar-refractivity contribution in [2.75, 3.05) is 6.54 Å². The average Bonchev–Trinajstić information content (AvgIpc) is 2.68. The minimum atomic E-state index is 0.624. The molecule has 1 aromatic carbocycles. The Bertz CT molecular complexity index is 433. The summed E-state index contributed by atoms with van der Waals surface area (Å²) in [6, 6.07) is 9.56. The average molecular weight is 222 g/mol. The molecule has 0 amide bonds. The number of hydrogen-bond acceptors (Lipinski definition) is 2. The molecule has 0 saturated heterocycles. The van der Waals surface area contributed by atoms with E-state index in [-0.39, 0.29) is 0 Å². The molecule has 0 radical (unpaired) electrons. The van der Waals surface area contributed by atoms with Gasteiger partial charge in [-0.3, -0.25) is 0 Å². The summed E-state index contributed by atoms with van der Waals surface area (Å²) >= 11 is 5.82. The summed E-state index contributed by atoms with van der Waals surface area (Å²) in [5.74, 6) is 0. The van der Waals surface area contributed by atoms with Gasteiger partial charge in [0.05, 0.1) is 5.69 Å². The zero-order chi connectivity index (χ0) is 10.7. The number of hydrogen-bond donors (Lipinski definition) is 1. The van der Waals surface area contributed by atoms with Gasteiger partial charge in [-0.05, 0) is 36.9 Å². The van der Waals surface area contributed by atoms with Crippen molar-refractivity contribution in [2.45, 2.75) is 6.42 Å². The van der Waals surface area contributed by atoms with Gasteiger partial charge < -0.3 is 5.73 Å². The normalized spacial score (nSPS) is 10.5. The molecule has 15 heavy (non-hydrogen) atoms. The molecule has 1 aromatic heterocycles. The Hall–Kier alpha value is -1.32. The highest BCUT2D eigenvalue weighted by Crippen LogP contribution is 2.14. The standard InChI is InChI=1S/C11H12ClN3/c12-9-1-3-10(4-2-9)15-11(5-7-13)6-8-14-15/h1-4,6,8H,5,7,13H2. The van der Waals surface area contributed by atoms with Crippen molar-refractivity contribution < 1.29 is 0 Å². The van der Waals surface area contributed by atoms with Crippen molar-refractivity contribution >= 4 is 11.6 Å². The van der Waals surface area contributed by atoms with Crippen LogP contribution >= 0.6 is 11.6 Å². The molecule has 2 aromatic rings. The van der Waals surface area contributed by atoms with Crippen molar-refractivity contribution in [3.05, 3.63) is 47.2 Å². The lowest BCUT2D eigenvalue weighted by Crippen LogP contribution is -2.08. The highest BCUT2D eigenvalue weighted by atomic mass is 35.5. The van der Waals surface area contributed by atoms with Crippen LogP contribution in [0.5, 0.6) is 0 Å². The van der Waals surface area contributed by atoms with Crippen LogP contribution < -0.4 is 5.73 Å². The molecule has 0 aliphatic heterocycles. The Morgan fingerprint density at radius 3 is 2.60 bits per heavy atom. The fourth-order valence-corrected chi connectivity index (χ4v) is 1.61. The maximum absolute atomic E-state index is 5.82. The van der Waals surface area contributed by atoms with Gasteiger partial charge >= 0.3 is 0 Å². The predicted molar refractivity (Wildman–Crippen MR) is 61.3 cm³/mol. The number of aromatic nitrogens is 2. The van der Waals surface area contributed by atoms with Crippen LogP contribution in [0.2, 0.25) is 5.02 Å². The molecule has 4 heteroatoms. The molecule has 78 valence electrons. The molecule has 0 saturated carbocycles. The summed E-state index contributed by atoms with van der Waals surface area (Å²) in [5.41, 5.74) is 7.65. The van der Waals surface area contributed by atoms with Crippen molar-refractivity contribution in [2.24, 2.45) is 5.73 Å². The number of nitrogens with zero attached hydrogens (tertiary/aromatic N) is 2. The van der Waals surface area contributed by atoms with Gasteiger partial charge in [0.1, 0.15) is 0 Å². The summed E-state index contributed by atoms with van der Waals surface area (Å²) in [6.45, 7) is 0.624. The highest BCUT2D eigenvalue weighted by Gasteiger charge is 2.03. The smallest absolute Gasteiger partial charge is 0.0649 e. The van der Waals surface area contributed by atoms with Crippen molar-refractivity contribution in [3.63, 3.8) is 0 Å².